The van der Waals surface area contributed by atoms with Crippen molar-refractivity contribution < 1.29 is 19.1 Å². The lowest BCUT2D eigenvalue weighted by Gasteiger charge is -2.08. The summed E-state index contributed by atoms with van der Waals surface area (Å²) >= 11 is 0. The van der Waals surface area contributed by atoms with Crippen LogP contribution in [0.25, 0.3) is 0 Å². The molecule has 0 heterocycles. The molecule has 0 unspecified atom stereocenters. The Balaban J connectivity index is 1.82. The highest BCUT2D eigenvalue weighted by atomic mass is 16.5. The lowest BCUT2D eigenvalue weighted by molar-refractivity contribution is -0.146. The number of nitriles is 1. The quantitative estimate of drug-likeness (QED) is 0.824. The minimum atomic E-state index is -0.510. The van der Waals surface area contributed by atoms with E-state index in [0.29, 0.717) is 17.0 Å². The van der Waals surface area contributed by atoms with Gasteiger partial charge in [0.2, 0.25) is 0 Å². The van der Waals surface area contributed by atoms with Gasteiger partial charge in [0, 0.05) is 0 Å². The van der Waals surface area contributed by atoms with Crippen LogP contribution in [0.3, 0.4) is 0 Å². The first-order valence-corrected chi connectivity index (χ1v) is 7.20. The highest BCUT2D eigenvalue weighted by Gasteiger charge is 2.10. The van der Waals surface area contributed by atoms with Crippen LogP contribution in [0, 0.1) is 11.3 Å². The number of rotatable bonds is 6. The number of amides is 1. The zero-order valence-corrected chi connectivity index (χ0v) is 13.1. The van der Waals surface area contributed by atoms with E-state index in [1.165, 1.54) is 0 Å². The second-order valence-corrected chi connectivity index (χ2v) is 4.89. The number of anilines is 1. The molecular weight excluding hydrogens is 308 g/mol. The van der Waals surface area contributed by atoms with Crippen molar-refractivity contribution in [1.29, 1.82) is 5.26 Å². The highest BCUT2D eigenvalue weighted by Crippen LogP contribution is 2.14. The van der Waals surface area contributed by atoms with Gasteiger partial charge in [-0.25, -0.2) is 0 Å². The van der Waals surface area contributed by atoms with Crippen molar-refractivity contribution in [2.45, 2.75) is 6.42 Å². The summed E-state index contributed by atoms with van der Waals surface area (Å²) in [5.74, 6) is -0.313. The fraction of sp³-hybridized carbons (Fsp3) is 0.167. The van der Waals surface area contributed by atoms with E-state index in [1.807, 2.05) is 6.07 Å². The van der Waals surface area contributed by atoms with Crippen LogP contribution in [-0.4, -0.2) is 25.6 Å². The monoisotopic (exact) mass is 324 g/mol. The minimum absolute atomic E-state index is 0.0616. The van der Waals surface area contributed by atoms with Crippen LogP contribution in [-0.2, 0) is 20.7 Å². The number of carbonyl (C=O) groups is 2. The van der Waals surface area contributed by atoms with Crippen LogP contribution in [0.2, 0.25) is 0 Å². The molecule has 0 aromatic heterocycles. The standard InChI is InChI=1S/C18H16N2O4/c1-23-15-8-6-13(7-9-15)10-18(22)24-12-17(21)20-16-5-3-2-4-14(16)11-19/h2-9H,10,12H2,1H3,(H,20,21). The van der Waals surface area contributed by atoms with E-state index in [2.05, 4.69) is 5.32 Å². The van der Waals surface area contributed by atoms with Gasteiger partial charge in [-0.2, -0.15) is 5.26 Å². The van der Waals surface area contributed by atoms with E-state index < -0.39 is 18.5 Å². The van der Waals surface area contributed by atoms with Crippen molar-refractivity contribution in [1.82, 2.24) is 0 Å². The maximum absolute atomic E-state index is 11.8. The van der Waals surface area contributed by atoms with E-state index in [9.17, 15) is 9.59 Å². The third-order valence-electron chi connectivity index (χ3n) is 3.19. The van der Waals surface area contributed by atoms with Crippen molar-refractivity contribution in [3.8, 4) is 11.8 Å². The summed E-state index contributed by atoms with van der Waals surface area (Å²) in [5.41, 5.74) is 1.49. The molecule has 2 aromatic carbocycles. The molecule has 1 N–H and O–H groups in total. The Morgan fingerprint density at radius 2 is 1.83 bits per heavy atom. The molecule has 6 heteroatoms. The Labute approximate surface area is 139 Å². The molecule has 0 atom stereocenters. The molecule has 0 saturated heterocycles. The van der Waals surface area contributed by atoms with Crippen LogP contribution >= 0.6 is 0 Å². The van der Waals surface area contributed by atoms with Gasteiger partial charge in [-0.05, 0) is 29.8 Å². The Morgan fingerprint density at radius 3 is 2.50 bits per heavy atom. The maximum atomic E-state index is 11.8. The fourth-order valence-corrected chi connectivity index (χ4v) is 1.98. The number of para-hydroxylation sites is 1. The molecule has 0 saturated carbocycles. The molecular formula is C18H16N2O4. The molecule has 6 nitrogen and oxygen atoms in total. The lowest BCUT2D eigenvalue weighted by atomic mass is 10.1. The molecule has 122 valence electrons. The minimum Gasteiger partial charge on any atom is -0.497 e. The molecule has 0 aliphatic carbocycles. The number of hydrogen-bond donors (Lipinski definition) is 1. The van der Waals surface area contributed by atoms with Gasteiger partial charge in [0.15, 0.2) is 6.61 Å². The maximum Gasteiger partial charge on any atom is 0.310 e. The van der Waals surface area contributed by atoms with E-state index in [4.69, 9.17) is 14.7 Å². The first-order valence-electron chi connectivity index (χ1n) is 7.20. The molecule has 2 rings (SSSR count). The van der Waals surface area contributed by atoms with Gasteiger partial charge in [-0.3, -0.25) is 9.59 Å². The van der Waals surface area contributed by atoms with E-state index in [0.717, 1.165) is 5.56 Å². The first-order chi connectivity index (χ1) is 11.6. The topological polar surface area (TPSA) is 88.4 Å². The fourth-order valence-electron chi connectivity index (χ4n) is 1.98. The van der Waals surface area contributed by atoms with Crippen molar-refractivity contribution in [3.63, 3.8) is 0 Å². The van der Waals surface area contributed by atoms with Crippen LogP contribution in [0.5, 0.6) is 5.75 Å². The normalized spacial score (nSPS) is 9.67. The van der Waals surface area contributed by atoms with Crippen molar-refractivity contribution in [3.05, 3.63) is 59.7 Å². The number of nitrogens with one attached hydrogen (secondary N) is 1. The number of esters is 1. The molecule has 0 aliphatic rings. The number of hydrogen-bond acceptors (Lipinski definition) is 5. The second kappa shape index (κ2) is 8.34. The van der Waals surface area contributed by atoms with Crippen LogP contribution in [0.1, 0.15) is 11.1 Å². The third-order valence-corrected chi connectivity index (χ3v) is 3.19. The van der Waals surface area contributed by atoms with Crippen LogP contribution < -0.4 is 10.1 Å². The smallest absolute Gasteiger partial charge is 0.310 e. The zero-order chi connectivity index (χ0) is 17.4. The van der Waals surface area contributed by atoms with E-state index in [-0.39, 0.29) is 6.42 Å². The molecule has 0 fully saturated rings. The second-order valence-electron chi connectivity index (χ2n) is 4.89. The predicted octanol–water partition coefficient (Wildman–Crippen LogP) is 2.29. The molecule has 0 aliphatic heterocycles. The molecule has 0 spiro atoms. The summed E-state index contributed by atoms with van der Waals surface area (Å²) in [7, 11) is 1.56. The summed E-state index contributed by atoms with van der Waals surface area (Å²) in [6.07, 6.45) is 0.0616. The first kappa shape index (κ1) is 17.0. The summed E-state index contributed by atoms with van der Waals surface area (Å²) in [6.45, 7) is -0.408. The SMILES string of the molecule is COc1ccc(CC(=O)OCC(=O)Nc2ccccc2C#N)cc1. The van der Waals surface area contributed by atoms with E-state index in [1.54, 1.807) is 55.6 Å². The molecule has 0 radical (unpaired) electrons. The van der Waals surface area contributed by atoms with Gasteiger partial charge in [0.05, 0.1) is 24.8 Å². The Hall–Kier alpha value is -3.33. The summed E-state index contributed by atoms with van der Waals surface area (Å²) in [5, 5.41) is 11.5. The van der Waals surface area contributed by atoms with Crippen LogP contribution in [0.15, 0.2) is 48.5 Å². The van der Waals surface area contributed by atoms with Gasteiger partial charge in [0.1, 0.15) is 11.8 Å². The zero-order valence-electron chi connectivity index (χ0n) is 13.1. The molecule has 2 aromatic rings. The Kier molecular flexibility index (Phi) is 5.92. The van der Waals surface area contributed by atoms with E-state index >= 15 is 0 Å². The number of carbonyl (C=O) groups excluding carboxylic acids is 2. The van der Waals surface area contributed by atoms with Crippen molar-refractivity contribution in [2.75, 3.05) is 19.0 Å². The summed E-state index contributed by atoms with van der Waals surface area (Å²) in [6, 6.07) is 15.6. The average molecular weight is 324 g/mol. The number of methoxy groups -OCH3 is 1. The molecule has 24 heavy (non-hydrogen) atoms. The van der Waals surface area contributed by atoms with Gasteiger partial charge < -0.3 is 14.8 Å². The third kappa shape index (κ3) is 4.85. The summed E-state index contributed by atoms with van der Waals surface area (Å²) < 4.78 is 9.98. The van der Waals surface area contributed by atoms with Crippen molar-refractivity contribution in [2.24, 2.45) is 0 Å². The molecule has 1 amide bonds. The largest absolute Gasteiger partial charge is 0.497 e. The number of ether oxygens (including phenoxy) is 2. The summed E-state index contributed by atoms with van der Waals surface area (Å²) in [4.78, 5) is 23.6. The lowest BCUT2D eigenvalue weighted by Crippen LogP contribution is -2.22. The van der Waals surface area contributed by atoms with Gasteiger partial charge in [-0.15, -0.1) is 0 Å². The highest BCUT2D eigenvalue weighted by molar-refractivity contribution is 5.94. The Morgan fingerprint density at radius 1 is 1.12 bits per heavy atom. The van der Waals surface area contributed by atoms with Crippen LogP contribution in [0.4, 0.5) is 5.69 Å². The Bertz CT molecular complexity index is 763. The number of nitrogens with zero attached hydrogens (tertiary/aromatic N) is 1. The van der Waals surface area contributed by atoms with Gasteiger partial charge in [0.25, 0.3) is 5.91 Å². The van der Waals surface area contributed by atoms with Gasteiger partial charge >= 0.3 is 5.97 Å². The predicted molar refractivity (Wildman–Crippen MR) is 87.4 cm³/mol. The number of benzene rings is 2. The molecule has 0 bridgehead atoms. The van der Waals surface area contributed by atoms with Gasteiger partial charge in [-0.1, -0.05) is 24.3 Å². The van der Waals surface area contributed by atoms with Crippen molar-refractivity contribution >= 4 is 17.6 Å². The average Bonchev–Trinajstić information content (AvgIpc) is 2.61.